The Morgan fingerprint density at radius 2 is 1.89 bits per heavy atom. The van der Waals surface area contributed by atoms with E-state index in [0.29, 0.717) is 23.7 Å². The Hall–Kier alpha value is -1.11. The molecule has 1 unspecified atom stereocenters. The maximum absolute atomic E-state index is 12.3. The highest BCUT2D eigenvalue weighted by Crippen LogP contribution is 2.23. The van der Waals surface area contributed by atoms with E-state index >= 15 is 0 Å². The molecule has 0 aromatic heterocycles. The molecule has 0 aliphatic carbocycles. The SMILES string of the molecule is COc1ccc(S(=O)(=O)N2CCC(OC)C2)cc1. The van der Waals surface area contributed by atoms with Gasteiger partial charge in [0.05, 0.1) is 18.1 Å². The zero-order valence-electron chi connectivity index (χ0n) is 10.5. The lowest BCUT2D eigenvalue weighted by molar-refractivity contribution is 0.115. The van der Waals surface area contributed by atoms with E-state index in [1.165, 1.54) is 4.31 Å². The van der Waals surface area contributed by atoms with Crippen molar-refractivity contribution in [2.45, 2.75) is 17.4 Å². The molecule has 1 fully saturated rings. The van der Waals surface area contributed by atoms with Crippen LogP contribution in [0, 0.1) is 0 Å². The average molecular weight is 271 g/mol. The molecule has 1 heterocycles. The van der Waals surface area contributed by atoms with Gasteiger partial charge >= 0.3 is 0 Å². The number of nitrogens with zero attached hydrogens (tertiary/aromatic N) is 1. The first kappa shape index (κ1) is 13.3. The van der Waals surface area contributed by atoms with Gasteiger partial charge in [-0.05, 0) is 30.7 Å². The third kappa shape index (κ3) is 2.50. The molecule has 1 aliphatic heterocycles. The summed E-state index contributed by atoms with van der Waals surface area (Å²) in [6.45, 7) is 0.928. The Morgan fingerprint density at radius 1 is 1.22 bits per heavy atom. The van der Waals surface area contributed by atoms with Crippen LogP contribution in [0.4, 0.5) is 0 Å². The van der Waals surface area contributed by atoms with Crippen LogP contribution in [-0.2, 0) is 14.8 Å². The lowest BCUT2D eigenvalue weighted by atomic mass is 10.3. The Labute approximate surface area is 107 Å². The Balaban J connectivity index is 2.20. The van der Waals surface area contributed by atoms with E-state index in [1.54, 1.807) is 38.5 Å². The topological polar surface area (TPSA) is 55.8 Å². The predicted octanol–water partition coefficient (Wildman–Crippen LogP) is 1.10. The molecule has 1 atom stereocenters. The van der Waals surface area contributed by atoms with Gasteiger partial charge in [0, 0.05) is 20.2 Å². The third-order valence-corrected chi connectivity index (χ3v) is 5.02. The van der Waals surface area contributed by atoms with Gasteiger partial charge in [-0.2, -0.15) is 4.31 Å². The molecule has 1 aromatic rings. The first-order chi connectivity index (χ1) is 8.57. The number of rotatable bonds is 4. The fourth-order valence-electron chi connectivity index (χ4n) is 2.01. The second-order valence-corrected chi connectivity index (χ2v) is 6.12. The van der Waals surface area contributed by atoms with Gasteiger partial charge in [0.1, 0.15) is 5.75 Å². The molecule has 6 heteroatoms. The highest BCUT2D eigenvalue weighted by molar-refractivity contribution is 7.89. The molecule has 1 aliphatic rings. The highest BCUT2D eigenvalue weighted by Gasteiger charge is 2.32. The summed E-state index contributed by atoms with van der Waals surface area (Å²) in [6, 6.07) is 6.43. The summed E-state index contributed by atoms with van der Waals surface area (Å²) in [5.41, 5.74) is 0. The van der Waals surface area contributed by atoms with Gasteiger partial charge in [-0.15, -0.1) is 0 Å². The maximum atomic E-state index is 12.3. The number of ether oxygens (including phenoxy) is 2. The van der Waals surface area contributed by atoms with Crippen molar-refractivity contribution >= 4 is 10.0 Å². The number of sulfonamides is 1. The average Bonchev–Trinajstić information content (AvgIpc) is 2.88. The summed E-state index contributed by atoms with van der Waals surface area (Å²) in [5.74, 6) is 0.644. The van der Waals surface area contributed by atoms with Crippen LogP contribution in [0.1, 0.15) is 6.42 Å². The van der Waals surface area contributed by atoms with Crippen molar-refractivity contribution in [2.24, 2.45) is 0 Å². The van der Waals surface area contributed by atoms with Crippen molar-refractivity contribution < 1.29 is 17.9 Å². The standard InChI is InChI=1S/C12H17NO4S/c1-16-10-3-5-12(6-4-10)18(14,15)13-8-7-11(9-13)17-2/h3-6,11H,7-9H2,1-2H3. The summed E-state index contributed by atoms with van der Waals surface area (Å²) >= 11 is 0. The Kier molecular flexibility index (Phi) is 3.89. The molecule has 0 spiro atoms. The number of hydrogen-bond donors (Lipinski definition) is 0. The molecular formula is C12H17NO4S. The van der Waals surface area contributed by atoms with E-state index in [9.17, 15) is 8.42 Å². The monoisotopic (exact) mass is 271 g/mol. The number of methoxy groups -OCH3 is 2. The molecule has 2 rings (SSSR count). The van der Waals surface area contributed by atoms with E-state index in [4.69, 9.17) is 9.47 Å². The normalized spacial score (nSPS) is 21.1. The Bertz CT molecular complexity index is 497. The van der Waals surface area contributed by atoms with Crippen molar-refractivity contribution in [3.8, 4) is 5.75 Å². The van der Waals surface area contributed by atoms with Crippen LogP contribution in [0.25, 0.3) is 0 Å². The van der Waals surface area contributed by atoms with Crippen molar-refractivity contribution in [3.05, 3.63) is 24.3 Å². The molecule has 1 aromatic carbocycles. The van der Waals surface area contributed by atoms with Gasteiger partial charge in [-0.1, -0.05) is 0 Å². The van der Waals surface area contributed by atoms with Crippen molar-refractivity contribution in [1.82, 2.24) is 4.31 Å². The van der Waals surface area contributed by atoms with Crippen LogP contribution < -0.4 is 4.74 Å². The maximum Gasteiger partial charge on any atom is 0.243 e. The molecule has 100 valence electrons. The molecule has 1 saturated heterocycles. The molecule has 0 N–H and O–H groups in total. The molecule has 5 nitrogen and oxygen atoms in total. The molecule has 18 heavy (non-hydrogen) atoms. The van der Waals surface area contributed by atoms with Crippen molar-refractivity contribution in [3.63, 3.8) is 0 Å². The lowest BCUT2D eigenvalue weighted by Crippen LogP contribution is -2.30. The van der Waals surface area contributed by atoms with Crippen LogP contribution in [0.5, 0.6) is 5.75 Å². The van der Waals surface area contributed by atoms with Crippen LogP contribution in [0.3, 0.4) is 0 Å². The smallest absolute Gasteiger partial charge is 0.243 e. The van der Waals surface area contributed by atoms with E-state index in [0.717, 1.165) is 6.42 Å². The van der Waals surface area contributed by atoms with Crippen LogP contribution >= 0.6 is 0 Å². The summed E-state index contributed by atoms with van der Waals surface area (Å²) in [6.07, 6.45) is 0.740. The van der Waals surface area contributed by atoms with Gasteiger partial charge in [-0.3, -0.25) is 0 Å². The summed E-state index contributed by atoms with van der Waals surface area (Å²) in [5, 5.41) is 0. The van der Waals surface area contributed by atoms with Gasteiger partial charge in [0.2, 0.25) is 10.0 Å². The van der Waals surface area contributed by atoms with Gasteiger partial charge in [-0.25, -0.2) is 8.42 Å². The van der Waals surface area contributed by atoms with Gasteiger partial charge in [0.25, 0.3) is 0 Å². The molecular weight excluding hydrogens is 254 g/mol. The number of benzene rings is 1. The van der Waals surface area contributed by atoms with Crippen molar-refractivity contribution in [2.75, 3.05) is 27.3 Å². The van der Waals surface area contributed by atoms with E-state index in [2.05, 4.69) is 0 Å². The zero-order chi connectivity index (χ0) is 13.2. The first-order valence-electron chi connectivity index (χ1n) is 5.75. The second-order valence-electron chi connectivity index (χ2n) is 4.18. The minimum atomic E-state index is -3.41. The quantitative estimate of drug-likeness (QED) is 0.823. The van der Waals surface area contributed by atoms with Crippen LogP contribution in [0.2, 0.25) is 0 Å². The van der Waals surface area contributed by atoms with Gasteiger partial charge < -0.3 is 9.47 Å². The van der Waals surface area contributed by atoms with Crippen LogP contribution in [-0.4, -0.2) is 46.1 Å². The summed E-state index contributed by atoms with van der Waals surface area (Å²) < 4.78 is 36.3. The summed E-state index contributed by atoms with van der Waals surface area (Å²) in [4.78, 5) is 0.292. The molecule has 0 bridgehead atoms. The minimum Gasteiger partial charge on any atom is -0.497 e. The molecule has 0 radical (unpaired) electrons. The fourth-order valence-corrected chi connectivity index (χ4v) is 3.49. The molecule has 0 saturated carbocycles. The van der Waals surface area contributed by atoms with Crippen molar-refractivity contribution in [1.29, 1.82) is 0 Å². The van der Waals surface area contributed by atoms with E-state index in [1.807, 2.05) is 0 Å². The van der Waals surface area contributed by atoms with E-state index in [-0.39, 0.29) is 6.10 Å². The third-order valence-electron chi connectivity index (χ3n) is 3.14. The zero-order valence-corrected chi connectivity index (χ0v) is 11.3. The summed E-state index contributed by atoms with van der Waals surface area (Å²) in [7, 11) is -0.255. The fraction of sp³-hybridized carbons (Fsp3) is 0.500. The lowest BCUT2D eigenvalue weighted by Gasteiger charge is -2.16. The number of hydrogen-bond acceptors (Lipinski definition) is 4. The highest BCUT2D eigenvalue weighted by atomic mass is 32.2. The minimum absolute atomic E-state index is 0.00183. The van der Waals surface area contributed by atoms with Gasteiger partial charge in [0.15, 0.2) is 0 Å². The van der Waals surface area contributed by atoms with Crippen LogP contribution in [0.15, 0.2) is 29.2 Å². The predicted molar refractivity (Wildman–Crippen MR) is 67.2 cm³/mol. The van der Waals surface area contributed by atoms with E-state index < -0.39 is 10.0 Å². The largest absolute Gasteiger partial charge is 0.497 e. The first-order valence-corrected chi connectivity index (χ1v) is 7.19. The second kappa shape index (κ2) is 5.26. The molecule has 0 amide bonds. The Morgan fingerprint density at radius 3 is 2.39 bits per heavy atom.